The van der Waals surface area contributed by atoms with Gasteiger partial charge in [0, 0.05) is 6.61 Å². The predicted molar refractivity (Wildman–Crippen MR) is 140 cm³/mol. The van der Waals surface area contributed by atoms with Crippen LogP contribution in [0.4, 0.5) is 5.69 Å². The van der Waals surface area contributed by atoms with Crippen molar-refractivity contribution >= 4 is 56.5 Å². The van der Waals surface area contributed by atoms with Crippen LogP contribution in [-0.4, -0.2) is 62.0 Å². The van der Waals surface area contributed by atoms with Gasteiger partial charge >= 0.3 is 5.97 Å². The van der Waals surface area contributed by atoms with Crippen molar-refractivity contribution in [2.75, 3.05) is 40.1 Å². The number of carbonyl (C=O) groups is 2. The first-order valence-corrected chi connectivity index (χ1v) is 12.7. The summed E-state index contributed by atoms with van der Waals surface area (Å²) in [5.41, 5.74) is 1.49. The van der Waals surface area contributed by atoms with Gasteiger partial charge in [0.2, 0.25) is 0 Å². The number of nitrogens with zero attached hydrogens (tertiary/aromatic N) is 2. The summed E-state index contributed by atoms with van der Waals surface area (Å²) in [6.45, 7) is 5.29. The highest BCUT2D eigenvalue weighted by Gasteiger charge is 2.33. The van der Waals surface area contributed by atoms with E-state index in [2.05, 4.69) is 25.7 Å². The normalized spacial score (nSPS) is 15.7. The van der Waals surface area contributed by atoms with Crippen molar-refractivity contribution in [3.05, 3.63) is 57.4 Å². The number of amidine groups is 1. The molecule has 186 valence electrons. The van der Waals surface area contributed by atoms with E-state index in [0.717, 1.165) is 11.3 Å². The van der Waals surface area contributed by atoms with Gasteiger partial charge in [-0.1, -0.05) is 18.2 Å². The average Bonchev–Trinajstić information content (AvgIpc) is 3.13. The molecule has 0 aromatic heterocycles. The molecule has 1 amide bonds. The number of para-hydroxylation sites is 1. The lowest BCUT2D eigenvalue weighted by molar-refractivity contribution is -0.143. The Labute approximate surface area is 217 Å². The molecule has 1 heterocycles. The summed E-state index contributed by atoms with van der Waals surface area (Å²) in [6.07, 6.45) is 1.78. The monoisotopic (exact) mass is 562 g/mol. The fourth-order valence-corrected chi connectivity index (χ4v) is 4.72. The van der Waals surface area contributed by atoms with Gasteiger partial charge < -0.3 is 18.9 Å². The lowest BCUT2D eigenvalue weighted by Crippen LogP contribution is -2.32. The molecular weight excluding hydrogens is 536 g/mol. The number of methoxy groups -OCH3 is 1. The molecule has 0 bridgehead atoms. The molecule has 1 aliphatic rings. The highest BCUT2D eigenvalue weighted by molar-refractivity contribution is 9.10. The van der Waals surface area contributed by atoms with Crippen molar-refractivity contribution in [3.63, 3.8) is 0 Å². The van der Waals surface area contributed by atoms with Crippen LogP contribution < -0.4 is 9.47 Å². The number of amides is 1. The zero-order chi connectivity index (χ0) is 25.2. The highest BCUT2D eigenvalue weighted by Crippen LogP contribution is 2.39. The first kappa shape index (κ1) is 26.8. The van der Waals surface area contributed by atoms with Crippen LogP contribution in [0.25, 0.3) is 6.08 Å². The Hall–Kier alpha value is -2.82. The third-order valence-corrected chi connectivity index (χ3v) is 6.32. The smallest absolute Gasteiger partial charge is 0.343 e. The molecule has 0 N–H and O–H groups in total. The minimum atomic E-state index is -0.504. The van der Waals surface area contributed by atoms with Crippen molar-refractivity contribution in [3.8, 4) is 11.5 Å². The molecule has 2 aromatic rings. The maximum Gasteiger partial charge on any atom is 0.343 e. The molecule has 0 atom stereocenters. The maximum atomic E-state index is 13.3. The number of carbonyl (C=O) groups excluding carboxylic acids is 2. The molecule has 35 heavy (non-hydrogen) atoms. The van der Waals surface area contributed by atoms with Gasteiger partial charge in [0.15, 0.2) is 23.3 Å². The molecule has 0 aliphatic carbocycles. The van der Waals surface area contributed by atoms with Gasteiger partial charge in [-0.05, 0) is 77.4 Å². The standard InChI is InChI=1S/C25H27BrN2O6S/c1-4-32-12-11-28-24(30)21(35-25(28)27-18-9-7-6-8-10-18)15-17-13-19(26)23(20(14-17)33-5-2)34-16-22(29)31-3/h6-10,13-15H,4-5,11-12,16H2,1-3H3/b21-15-,27-25?. The van der Waals surface area contributed by atoms with Gasteiger partial charge in [0.1, 0.15) is 0 Å². The summed E-state index contributed by atoms with van der Waals surface area (Å²) in [5, 5.41) is 0.592. The maximum absolute atomic E-state index is 13.3. The number of esters is 1. The molecule has 1 fully saturated rings. The molecular formula is C25H27BrN2O6S. The van der Waals surface area contributed by atoms with E-state index in [1.807, 2.05) is 44.2 Å². The Bertz CT molecular complexity index is 1110. The SMILES string of the molecule is CCOCCN1C(=O)/C(=C/c2cc(Br)c(OCC(=O)OC)c(OCC)c2)SC1=Nc1ccccc1. The molecule has 0 spiro atoms. The lowest BCUT2D eigenvalue weighted by atomic mass is 10.2. The van der Waals surface area contributed by atoms with Crippen LogP contribution in [0.1, 0.15) is 19.4 Å². The molecule has 0 saturated carbocycles. The summed E-state index contributed by atoms with van der Waals surface area (Å²) >= 11 is 4.79. The van der Waals surface area contributed by atoms with Crippen LogP contribution in [-0.2, 0) is 19.1 Å². The summed E-state index contributed by atoms with van der Waals surface area (Å²) in [7, 11) is 1.29. The third-order valence-electron chi connectivity index (χ3n) is 4.72. The van der Waals surface area contributed by atoms with Crippen LogP contribution in [0.5, 0.6) is 11.5 Å². The van der Waals surface area contributed by atoms with E-state index in [0.29, 0.717) is 52.4 Å². The Morgan fingerprint density at radius 2 is 1.91 bits per heavy atom. The zero-order valence-electron chi connectivity index (χ0n) is 19.8. The topological polar surface area (TPSA) is 86.7 Å². The van der Waals surface area contributed by atoms with E-state index >= 15 is 0 Å². The number of hydrogen-bond acceptors (Lipinski definition) is 8. The van der Waals surface area contributed by atoms with Crippen molar-refractivity contribution in [1.29, 1.82) is 0 Å². The molecule has 3 rings (SSSR count). The Morgan fingerprint density at radius 1 is 1.14 bits per heavy atom. The molecule has 2 aromatic carbocycles. The Kier molecular flexibility index (Phi) is 10.2. The van der Waals surface area contributed by atoms with Gasteiger partial charge in [-0.2, -0.15) is 0 Å². The number of benzene rings is 2. The molecule has 10 heteroatoms. The lowest BCUT2D eigenvalue weighted by Gasteiger charge is -2.15. The number of ether oxygens (including phenoxy) is 4. The minimum Gasteiger partial charge on any atom is -0.490 e. The van der Waals surface area contributed by atoms with E-state index in [-0.39, 0.29) is 12.5 Å². The van der Waals surface area contributed by atoms with Crippen molar-refractivity contribution in [2.24, 2.45) is 4.99 Å². The molecule has 0 unspecified atom stereocenters. The number of hydrogen-bond donors (Lipinski definition) is 0. The number of thioether (sulfide) groups is 1. The van der Waals surface area contributed by atoms with Crippen LogP contribution in [0.3, 0.4) is 0 Å². The van der Waals surface area contributed by atoms with Gasteiger partial charge in [0.05, 0.1) is 41.9 Å². The fourth-order valence-electron chi connectivity index (χ4n) is 3.12. The summed E-state index contributed by atoms with van der Waals surface area (Å²) in [4.78, 5) is 31.6. The van der Waals surface area contributed by atoms with Crippen LogP contribution in [0.2, 0.25) is 0 Å². The second kappa shape index (κ2) is 13.3. The van der Waals surface area contributed by atoms with Gasteiger partial charge in [-0.25, -0.2) is 9.79 Å². The predicted octanol–water partition coefficient (Wildman–Crippen LogP) is 5.04. The Balaban J connectivity index is 1.92. The van der Waals surface area contributed by atoms with E-state index in [1.54, 1.807) is 23.1 Å². The van der Waals surface area contributed by atoms with Gasteiger partial charge in [-0.3, -0.25) is 9.69 Å². The van der Waals surface area contributed by atoms with E-state index < -0.39 is 5.97 Å². The minimum absolute atomic E-state index is 0.149. The molecule has 8 nitrogen and oxygen atoms in total. The van der Waals surface area contributed by atoms with Crippen LogP contribution >= 0.6 is 27.7 Å². The zero-order valence-corrected chi connectivity index (χ0v) is 22.2. The second-order valence-electron chi connectivity index (χ2n) is 7.12. The molecule has 1 aliphatic heterocycles. The number of halogens is 1. The van der Waals surface area contributed by atoms with Gasteiger partial charge in [-0.15, -0.1) is 0 Å². The van der Waals surface area contributed by atoms with E-state index in [4.69, 9.17) is 14.2 Å². The second-order valence-corrected chi connectivity index (χ2v) is 8.99. The third kappa shape index (κ3) is 7.33. The van der Waals surface area contributed by atoms with Gasteiger partial charge in [0.25, 0.3) is 5.91 Å². The van der Waals surface area contributed by atoms with E-state index in [9.17, 15) is 9.59 Å². The van der Waals surface area contributed by atoms with Crippen molar-refractivity contribution in [2.45, 2.75) is 13.8 Å². The number of rotatable bonds is 11. The van der Waals surface area contributed by atoms with Crippen LogP contribution in [0, 0.1) is 0 Å². The Morgan fingerprint density at radius 3 is 2.60 bits per heavy atom. The summed E-state index contributed by atoms with van der Waals surface area (Å²) in [6, 6.07) is 13.1. The highest BCUT2D eigenvalue weighted by atomic mass is 79.9. The van der Waals surface area contributed by atoms with E-state index in [1.165, 1.54) is 18.9 Å². The average molecular weight is 563 g/mol. The fraction of sp³-hybridized carbons (Fsp3) is 0.320. The quantitative estimate of drug-likeness (QED) is 0.215. The summed E-state index contributed by atoms with van der Waals surface area (Å²) in [5.74, 6) is 0.175. The first-order chi connectivity index (χ1) is 17.0. The van der Waals surface area contributed by atoms with Crippen molar-refractivity contribution < 1.29 is 28.5 Å². The molecule has 0 radical (unpaired) electrons. The van der Waals surface area contributed by atoms with Crippen LogP contribution in [0.15, 0.2) is 56.8 Å². The largest absolute Gasteiger partial charge is 0.490 e. The van der Waals surface area contributed by atoms with Crippen molar-refractivity contribution in [1.82, 2.24) is 4.90 Å². The summed E-state index contributed by atoms with van der Waals surface area (Å²) < 4.78 is 22.0. The number of aliphatic imine (C=N–C) groups is 1. The first-order valence-electron chi connectivity index (χ1n) is 11.1. The molecule has 1 saturated heterocycles.